The molecule has 1 atom stereocenters. The van der Waals surface area contributed by atoms with Gasteiger partial charge in [-0.05, 0) is 43.3 Å². The molecule has 0 fully saturated rings. The van der Waals surface area contributed by atoms with Gasteiger partial charge in [0.1, 0.15) is 19.0 Å². The third-order valence-corrected chi connectivity index (χ3v) is 4.74. The third kappa shape index (κ3) is 3.30. The zero-order valence-corrected chi connectivity index (χ0v) is 15.9. The molecule has 2 aliphatic heterocycles. The number of hydrogen-bond donors (Lipinski definition) is 2. The zero-order valence-electron chi connectivity index (χ0n) is 15.9. The fourth-order valence-electron chi connectivity index (χ4n) is 3.20. The number of nitrogens with zero attached hydrogens (tertiary/aromatic N) is 1. The predicted molar refractivity (Wildman–Crippen MR) is 106 cm³/mol. The lowest BCUT2D eigenvalue weighted by atomic mass is 10.1. The van der Waals surface area contributed by atoms with Gasteiger partial charge in [0.25, 0.3) is 11.8 Å². The van der Waals surface area contributed by atoms with E-state index in [0.29, 0.717) is 53.2 Å². The number of fused-ring (bicyclic) bond motifs is 2. The van der Waals surface area contributed by atoms with Gasteiger partial charge in [-0.2, -0.15) is 0 Å². The van der Waals surface area contributed by atoms with Crippen molar-refractivity contribution in [1.29, 1.82) is 0 Å². The Morgan fingerprint density at radius 3 is 2.73 bits per heavy atom. The first kappa shape index (κ1) is 18.0. The van der Waals surface area contributed by atoms with Crippen molar-refractivity contribution in [3.63, 3.8) is 0 Å². The van der Waals surface area contributed by atoms with Crippen LogP contribution in [0.25, 0.3) is 11.3 Å². The lowest BCUT2D eigenvalue weighted by molar-refractivity contribution is -0.122. The van der Waals surface area contributed by atoms with Gasteiger partial charge >= 0.3 is 0 Å². The summed E-state index contributed by atoms with van der Waals surface area (Å²) in [5, 5.41) is 9.33. The molecule has 2 amide bonds. The minimum atomic E-state index is -0.563. The SMILES string of the molecule is CC1Oc2ccc(NC(=O)c3cc(-c4ccc5c(c4)OCCO5)on3)cc2NC1=O. The van der Waals surface area contributed by atoms with E-state index in [1.54, 1.807) is 43.3 Å². The van der Waals surface area contributed by atoms with Crippen LogP contribution in [0, 0.1) is 0 Å². The molecule has 0 radical (unpaired) electrons. The maximum atomic E-state index is 12.6. The Morgan fingerprint density at radius 2 is 1.87 bits per heavy atom. The van der Waals surface area contributed by atoms with E-state index >= 15 is 0 Å². The summed E-state index contributed by atoms with van der Waals surface area (Å²) in [6.45, 7) is 2.65. The van der Waals surface area contributed by atoms with Crippen LogP contribution in [0.2, 0.25) is 0 Å². The van der Waals surface area contributed by atoms with Crippen LogP contribution in [0.3, 0.4) is 0 Å². The van der Waals surface area contributed by atoms with Gasteiger partial charge in [-0.3, -0.25) is 9.59 Å². The number of hydrogen-bond acceptors (Lipinski definition) is 7. The van der Waals surface area contributed by atoms with Crippen LogP contribution in [0.4, 0.5) is 11.4 Å². The molecule has 3 aromatic rings. The van der Waals surface area contributed by atoms with Gasteiger partial charge < -0.3 is 29.4 Å². The van der Waals surface area contributed by atoms with E-state index in [1.165, 1.54) is 0 Å². The Balaban J connectivity index is 1.33. The number of ether oxygens (including phenoxy) is 3. The highest BCUT2D eigenvalue weighted by atomic mass is 16.6. The molecule has 5 rings (SSSR count). The second-order valence-electron chi connectivity index (χ2n) is 6.85. The number of carbonyl (C=O) groups is 2. The first-order valence-electron chi connectivity index (χ1n) is 9.36. The van der Waals surface area contributed by atoms with Crippen molar-refractivity contribution in [2.24, 2.45) is 0 Å². The van der Waals surface area contributed by atoms with Crippen molar-refractivity contribution in [3.05, 3.63) is 48.2 Å². The monoisotopic (exact) mass is 407 g/mol. The quantitative estimate of drug-likeness (QED) is 0.686. The Bertz CT molecular complexity index is 1160. The van der Waals surface area contributed by atoms with E-state index in [1.807, 2.05) is 6.07 Å². The number of aromatic nitrogens is 1. The van der Waals surface area contributed by atoms with Gasteiger partial charge in [0.05, 0.1) is 5.69 Å². The van der Waals surface area contributed by atoms with Crippen molar-refractivity contribution in [3.8, 4) is 28.6 Å². The van der Waals surface area contributed by atoms with Crippen molar-refractivity contribution in [2.75, 3.05) is 23.8 Å². The summed E-state index contributed by atoms with van der Waals surface area (Å²) < 4.78 is 21.9. The van der Waals surface area contributed by atoms with Crippen LogP contribution in [-0.2, 0) is 4.79 Å². The second-order valence-corrected chi connectivity index (χ2v) is 6.85. The van der Waals surface area contributed by atoms with E-state index in [4.69, 9.17) is 18.7 Å². The fourth-order valence-corrected chi connectivity index (χ4v) is 3.20. The standard InChI is InChI=1S/C21H17N3O6/c1-11-20(25)23-14-9-13(3-5-16(14)29-11)22-21(26)15-10-18(30-24-15)12-2-4-17-19(8-12)28-7-6-27-17/h2-5,8-11H,6-7H2,1H3,(H,22,26)(H,23,25). The number of amides is 2. The molecule has 0 saturated carbocycles. The maximum absolute atomic E-state index is 12.6. The third-order valence-electron chi connectivity index (χ3n) is 4.74. The number of anilines is 2. The second kappa shape index (κ2) is 7.11. The van der Waals surface area contributed by atoms with Crippen molar-refractivity contribution >= 4 is 23.2 Å². The molecule has 0 spiro atoms. The van der Waals surface area contributed by atoms with E-state index < -0.39 is 12.0 Å². The van der Waals surface area contributed by atoms with Gasteiger partial charge in [-0.1, -0.05) is 5.16 Å². The molecular weight excluding hydrogens is 390 g/mol. The maximum Gasteiger partial charge on any atom is 0.277 e. The van der Waals surface area contributed by atoms with E-state index in [2.05, 4.69) is 15.8 Å². The average molecular weight is 407 g/mol. The molecule has 2 N–H and O–H groups in total. The van der Waals surface area contributed by atoms with E-state index in [-0.39, 0.29) is 11.6 Å². The van der Waals surface area contributed by atoms with Crippen LogP contribution >= 0.6 is 0 Å². The van der Waals surface area contributed by atoms with Crippen LogP contribution in [0.5, 0.6) is 17.2 Å². The molecule has 9 nitrogen and oxygen atoms in total. The molecule has 9 heteroatoms. The molecule has 0 saturated heterocycles. The molecule has 0 aliphatic carbocycles. The van der Waals surface area contributed by atoms with Gasteiger partial charge in [-0.25, -0.2) is 0 Å². The minimum Gasteiger partial charge on any atom is -0.486 e. The number of nitrogens with one attached hydrogen (secondary N) is 2. The number of carbonyl (C=O) groups excluding carboxylic acids is 2. The normalized spacial score (nSPS) is 16.8. The first-order chi connectivity index (χ1) is 14.6. The molecule has 2 aromatic carbocycles. The van der Waals surface area contributed by atoms with Crippen LogP contribution in [0.1, 0.15) is 17.4 Å². The van der Waals surface area contributed by atoms with Gasteiger partial charge in [0, 0.05) is 17.3 Å². The lowest BCUT2D eigenvalue weighted by Crippen LogP contribution is -2.34. The molecular formula is C21H17N3O6. The summed E-state index contributed by atoms with van der Waals surface area (Å²) in [7, 11) is 0. The lowest BCUT2D eigenvalue weighted by Gasteiger charge is -2.23. The van der Waals surface area contributed by atoms with Gasteiger partial charge in [0.2, 0.25) is 0 Å². The summed E-state index contributed by atoms with van der Waals surface area (Å²) >= 11 is 0. The van der Waals surface area contributed by atoms with Crippen LogP contribution in [0.15, 0.2) is 47.0 Å². The summed E-state index contributed by atoms with van der Waals surface area (Å²) in [5.74, 6) is 1.57. The van der Waals surface area contributed by atoms with E-state index in [9.17, 15) is 9.59 Å². The highest BCUT2D eigenvalue weighted by Crippen LogP contribution is 2.35. The number of rotatable bonds is 3. The van der Waals surface area contributed by atoms with Crippen molar-refractivity contribution in [2.45, 2.75) is 13.0 Å². The van der Waals surface area contributed by atoms with E-state index in [0.717, 1.165) is 0 Å². The molecule has 1 unspecified atom stereocenters. The highest BCUT2D eigenvalue weighted by molar-refractivity contribution is 6.04. The van der Waals surface area contributed by atoms with Crippen molar-refractivity contribution in [1.82, 2.24) is 5.16 Å². The number of benzene rings is 2. The van der Waals surface area contributed by atoms with Crippen molar-refractivity contribution < 1.29 is 28.3 Å². The molecule has 3 heterocycles. The fraction of sp³-hybridized carbons (Fsp3) is 0.190. The summed E-state index contributed by atoms with van der Waals surface area (Å²) in [6.07, 6.45) is -0.563. The summed E-state index contributed by atoms with van der Waals surface area (Å²) in [4.78, 5) is 24.4. The predicted octanol–water partition coefficient (Wildman–Crippen LogP) is 3.08. The minimum absolute atomic E-state index is 0.117. The zero-order chi connectivity index (χ0) is 20.7. The highest BCUT2D eigenvalue weighted by Gasteiger charge is 2.24. The smallest absolute Gasteiger partial charge is 0.277 e. The largest absolute Gasteiger partial charge is 0.486 e. The first-order valence-corrected chi connectivity index (χ1v) is 9.36. The molecule has 0 bridgehead atoms. The Labute approximate surface area is 170 Å². The van der Waals surface area contributed by atoms with Crippen LogP contribution < -0.4 is 24.8 Å². The Hall–Kier alpha value is -4.01. The topological polar surface area (TPSA) is 112 Å². The van der Waals surface area contributed by atoms with Gasteiger partial charge in [-0.15, -0.1) is 0 Å². The molecule has 30 heavy (non-hydrogen) atoms. The molecule has 152 valence electrons. The Morgan fingerprint density at radius 1 is 1.07 bits per heavy atom. The average Bonchev–Trinajstić information content (AvgIpc) is 3.25. The Kier molecular flexibility index (Phi) is 4.27. The summed E-state index contributed by atoms with van der Waals surface area (Å²) in [5.41, 5.74) is 1.81. The molecule has 2 aliphatic rings. The molecule has 1 aromatic heterocycles. The van der Waals surface area contributed by atoms with Crippen LogP contribution in [-0.4, -0.2) is 36.3 Å². The summed E-state index contributed by atoms with van der Waals surface area (Å²) in [6, 6.07) is 11.9. The van der Waals surface area contributed by atoms with Gasteiger partial charge in [0.15, 0.2) is 29.1 Å².